The maximum absolute atomic E-state index is 6.21. The van der Waals surface area contributed by atoms with E-state index in [2.05, 4.69) is 10.2 Å². The molecular formula is C14H21ClN2O2. The number of rotatable bonds is 5. The van der Waals surface area contributed by atoms with Gasteiger partial charge in [0.25, 0.3) is 0 Å². The van der Waals surface area contributed by atoms with Crippen LogP contribution in [-0.2, 0) is 6.54 Å². The molecule has 0 amide bonds. The predicted octanol–water partition coefficient (Wildman–Crippen LogP) is 2.15. The van der Waals surface area contributed by atoms with Gasteiger partial charge in [0.05, 0.1) is 18.7 Å². The number of hydrogen-bond acceptors (Lipinski definition) is 4. The van der Waals surface area contributed by atoms with Gasteiger partial charge in [0, 0.05) is 44.4 Å². The van der Waals surface area contributed by atoms with Crippen LogP contribution in [-0.4, -0.2) is 44.8 Å². The van der Waals surface area contributed by atoms with Crippen molar-refractivity contribution in [3.63, 3.8) is 0 Å². The number of nitrogens with zero attached hydrogens (tertiary/aromatic N) is 1. The van der Waals surface area contributed by atoms with Gasteiger partial charge in [-0.1, -0.05) is 11.6 Å². The number of hydrogen-bond donors (Lipinski definition) is 1. The molecule has 0 aliphatic carbocycles. The molecule has 0 aromatic heterocycles. The van der Waals surface area contributed by atoms with E-state index in [4.69, 9.17) is 21.1 Å². The van der Waals surface area contributed by atoms with Crippen molar-refractivity contribution in [3.8, 4) is 11.5 Å². The molecule has 0 bridgehead atoms. The van der Waals surface area contributed by atoms with Crippen LogP contribution in [0.15, 0.2) is 12.1 Å². The van der Waals surface area contributed by atoms with Crippen molar-refractivity contribution in [2.24, 2.45) is 0 Å². The number of ether oxygens (including phenoxy) is 2. The van der Waals surface area contributed by atoms with Crippen molar-refractivity contribution in [3.05, 3.63) is 22.7 Å². The van der Waals surface area contributed by atoms with Gasteiger partial charge in [0.2, 0.25) is 0 Å². The normalized spacial score (nSPS) is 16.4. The first-order chi connectivity index (χ1) is 9.24. The topological polar surface area (TPSA) is 33.7 Å². The van der Waals surface area contributed by atoms with Crippen LogP contribution in [0.3, 0.4) is 0 Å². The van der Waals surface area contributed by atoms with E-state index in [1.165, 1.54) is 0 Å². The molecule has 1 aromatic carbocycles. The first-order valence-electron chi connectivity index (χ1n) is 6.67. The highest BCUT2D eigenvalue weighted by Gasteiger charge is 2.15. The standard InChI is InChI=1S/C14H21ClN2O2/c1-3-19-13-9-14(18-2)12(15)8-11(13)10-17-6-4-16-5-7-17/h8-9,16H,3-7,10H2,1-2H3. The Balaban J connectivity index is 2.18. The monoisotopic (exact) mass is 284 g/mol. The molecule has 0 atom stereocenters. The van der Waals surface area contributed by atoms with Crippen molar-refractivity contribution < 1.29 is 9.47 Å². The molecule has 2 rings (SSSR count). The molecule has 106 valence electrons. The van der Waals surface area contributed by atoms with E-state index in [0.29, 0.717) is 17.4 Å². The summed E-state index contributed by atoms with van der Waals surface area (Å²) in [4.78, 5) is 2.40. The Hall–Kier alpha value is -0.970. The molecule has 1 aliphatic heterocycles. The van der Waals surface area contributed by atoms with E-state index in [9.17, 15) is 0 Å². The van der Waals surface area contributed by atoms with Crippen LogP contribution in [0.5, 0.6) is 11.5 Å². The molecule has 1 heterocycles. The fourth-order valence-electron chi connectivity index (χ4n) is 2.26. The van der Waals surface area contributed by atoms with E-state index in [1.54, 1.807) is 7.11 Å². The largest absolute Gasteiger partial charge is 0.495 e. The van der Waals surface area contributed by atoms with Gasteiger partial charge in [-0.3, -0.25) is 4.90 Å². The highest BCUT2D eigenvalue weighted by Crippen LogP contribution is 2.33. The van der Waals surface area contributed by atoms with Crippen LogP contribution in [0.2, 0.25) is 5.02 Å². The molecule has 1 aromatic rings. The van der Waals surface area contributed by atoms with Gasteiger partial charge in [-0.05, 0) is 13.0 Å². The van der Waals surface area contributed by atoms with Crippen LogP contribution < -0.4 is 14.8 Å². The minimum Gasteiger partial charge on any atom is -0.495 e. The quantitative estimate of drug-likeness (QED) is 0.898. The van der Waals surface area contributed by atoms with Gasteiger partial charge < -0.3 is 14.8 Å². The summed E-state index contributed by atoms with van der Waals surface area (Å²) in [5.41, 5.74) is 1.12. The second-order valence-electron chi connectivity index (χ2n) is 4.55. The zero-order valence-corrected chi connectivity index (χ0v) is 12.3. The molecule has 4 nitrogen and oxygen atoms in total. The molecule has 1 saturated heterocycles. The first kappa shape index (κ1) is 14.4. The molecule has 0 spiro atoms. The summed E-state index contributed by atoms with van der Waals surface area (Å²) < 4.78 is 10.9. The smallest absolute Gasteiger partial charge is 0.141 e. The van der Waals surface area contributed by atoms with E-state index in [-0.39, 0.29) is 0 Å². The van der Waals surface area contributed by atoms with Gasteiger partial charge in [0.1, 0.15) is 11.5 Å². The van der Waals surface area contributed by atoms with Crippen molar-refractivity contribution in [1.82, 2.24) is 10.2 Å². The van der Waals surface area contributed by atoms with E-state index >= 15 is 0 Å². The third-order valence-corrected chi connectivity index (χ3v) is 3.53. The predicted molar refractivity (Wildman–Crippen MR) is 77.3 cm³/mol. The Morgan fingerprint density at radius 1 is 1.26 bits per heavy atom. The molecule has 19 heavy (non-hydrogen) atoms. The number of methoxy groups -OCH3 is 1. The minimum atomic E-state index is 0.635. The number of piperazine rings is 1. The Kier molecular flexibility index (Phi) is 5.31. The van der Waals surface area contributed by atoms with Crippen molar-refractivity contribution >= 4 is 11.6 Å². The Morgan fingerprint density at radius 2 is 2.00 bits per heavy atom. The van der Waals surface area contributed by atoms with Crippen LogP contribution in [0, 0.1) is 0 Å². The Morgan fingerprint density at radius 3 is 2.63 bits per heavy atom. The van der Waals surface area contributed by atoms with Crippen molar-refractivity contribution in [1.29, 1.82) is 0 Å². The highest BCUT2D eigenvalue weighted by molar-refractivity contribution is 6.32. The van der Waals surface area contributed by atoms with Crippen LogP contribution in [0.25, 0.3) is 0 Å². The number of nitrogens with one attached hydrogen (secondary N) is 1. The van der Waals surface area contributed by atoms with Gasteiger partial charge in [-0.2, -0.15) is 0 Å². The molecular weight excluding hydrogens is 264 g/mol. The van der Waals surface area contributed by atoms with Gasteiger partial charge >= 0.3 is 0 Å². The van der Waals surface area contributed by atoms with E-state index < -0.39 is 0 Å². The Bertz CT molecular complexity index is 420. The third kappa shape index (κ3) is 3.75. The van der Waals surface area contributed by atoms with E-state index in [0.717, 1.165) is 44.0 Å². The molecule has 0 unspecified atom stereocenters. The lowest BCUT2D eigenvalue weighted by molar-refractivity contribution is 0.228. The minimum absolute atomic E-state index is 0.635. The molecule has 0 saturated carbocycles. The summed E-state index contributed by atoms with van der Waals surface area (Å²) in [6.45, 7) is 7.65. The summed E-state index contributed by atoms with van der Waals surface area (Å²) in [6.07, 6.45) is 0. The van der Waals surface area contributed by atoms with E-state index in [1.807, 2.05) is 19.1 Å². The van der Waals surface area contributed by atoms with Gasteiger partial charge in [-0.25, -0.2) is 0 Å². The lowest BCUT2D eigenvalue weighted by atomic mass is 10.1. The van der Waals surface area contributed by atoms with Gasteiger partial charge in [-0.15, -0.1) is 0 Å². The summed E-state index contributed by atoms with van der Waals surface area (Å²) in [7, 11) is 1.62. The lowest BCUT2D eigenvalue weighted by Gasteiger charge is -2.28. The molecule has 1 aliphatic rings. The Labute approximate surface area is 119 Å². The second kappa shape index (κ2) is 6.98. The third-order valence-electron chi connectivity index (χ3n) is 3.24. The maximum Gasteiger partial charge on any atom is 0.141 e. The van der Waals surface area contributed by atoms with Crippen molar-refractivity contribution in [2.45, 2.75) is 13.5 Å². The van der Waals surface area contributed by atoms with Crippen LogP contribution >= 0.6 is 11.6 Å². The lowest BCUT2D eigenvalue weighted by Crippen LogP contribution is -2.42. The molecule has 0 radical (unpaired) electrons. The average molecular weight is 285 g/mol. The molecule has 1 N–H and O–H groups in total. The number of benzene rings is 1. The SMILES string of the molecule is CCOc1cc(OC)c(Cl)cc1CN1CCNCC1. The average Bonchev–Trinajstić information content (AvgIpc) is 2.43. The molecule has 5 heteroatoms. The summed E-state index contributed by atoms with van der Waals surface area (Å²) in [5.74, 6) is 1.52. The molecule has 1 fully saturated rings. The van der Waals surface area contributed by atoms with Crippen LogP contribution in [0.1, 0.15) is 12.5 Å². The first-order valence-corrected chi connectivity index (χ1v) is 7.04. The zero-order chi connectivity index (χ0) is 13.7. The highest BCUT2D eigenvalue weighted by atomic mass is 35.5. The van der Waals surface area contributed by atoms with Gasteiger partial charge in [0.15, 0.2) is 0 Å². The summed E-state index contributed by atoms with van der Waals surface area (Å²) in [5, 5.41) is 3.99. The van der Waals surface area contributed by atoms with Crippen molar-refractivity contribution in [2.75, 3.05) is 39.9 Å². The maximum atomic E-state index is 6.21. The fraction of sp³-hybridized carbons (Fsp3) is 0.571. The zero-order valence-electron chi connectivity index (χ0n) is 11.5. The number of halogens is 1. The van der Waals surface area contributed by atoms with Crippen LogP contribution in [0.4, 0.5) is 0 Å². The summed E-state index contributed by atoms with van der Waals surface area (Å²) >= 11 is 6.21. The second-order valence-corrected chi connectivity index (χ2v) is 4.96. The fourth-order valence-corrected chi connectivity index (χ4v) is 2.52. The summed E-state index contributed by atoms with van der Waals surface area (Å²) in [6, 6.07) is 3.83.